The average Bonchev–Trinajstić information content (AvgIpc) is 3.29. The van der Waals surface area contributed by atoms with Gasteiger partial charge in [-0.1, -0.05) is 48.0 Å². The molecule has 1 aromatic heterocycles. The van der Waals surface area contributed by atoms with E-state index >= 15 is 0 Å². The van der Waals surface area contributed by atoms with Crippen LogP contribution in [0.25, 0.3) is 0 Å². The smallest absolute Gasteiger partial charge is 0.185 e. The number of nitrogens with zero attached hydrogens (tertiary/aromatic N) is 1. The molecule has 0 amide bonds. The fraction of sp³-hybridized carbons (Fsp3) is 0.308. The summed E-state index contributed by atoms with van der Waals surface area (Å²) in [4.78, 5) is 3.43. The van der Waals surface area contributed by atoms with Crippen LogP contribution in [0.3, 0.4) is 0 Å². The summed E-state index contributed by atoms with van der Waals surface area (Å²) >= 11 is 0. The Hall–Kier alpha value is -3.21. The van der Waals surface area contributed by atoms with Crippen LogP contribution >= 0.6 is 0 Å². The summed E-state index contributed by atoms with van der Waals surface area (Å²) in [7, 11) is -4.27. The molecule has 2 aliphatic carbocycles. The monoisotopic (exact) mass is 461 g/mol. The van der Waals surface area contributed by atoms with Crippen LogP contribution in [-0.4, -0.2) is 13.0 Å². The zero-order chi connectivity index (χ0) is 23.6. The van der Waals surface area contributed by atoms with Crippen LogP contribution in [0.4, 0.5) is 5.69 Å². The van der Waals surface area contributed by atoms with Crippen LogP contribution in [-0.2, 0) is 41.2 Å². The number of anilines is 1. The highest BCUT2D eigenvalue weighted by Crippen LogP contribution is 2.41. The van der Waals surface area contributed by atoms with Gasteiger partial charge in [-0.05, 0) is 43.9 Å². The van der Waals surface area contributed by atoms with Crippen molar-refractivity contribution in [2.75, 3.05) is 5.73 Å². The lowest BCUT2D eigenvalue weighted by molar-refractivity contribution is -0.403. The number of H-pyrrole nitrogens is 1. The van der Waals surface area contributed by atoms with E-state index in [2.05, 4.69) is 23.2 Å². The molecule has 2 aromatic carbocycles. The van der Waals surface area contributed by atoms with Gasteiger partial charge in [-0.15, -0.1) is 0 Å². The number of nitrogens with one attached hydrogen (secondary N) is 1. The van der Waals surface area contributed by atoms with Crippen LogP contribution in [0.15, 0.2) is 59.5 Å². The second kappa shape index (κ2) is 8.97. The normalized spacial score (nSPS) is 18.9. The number of nitrogens with two attached hydrogens (primary N) is 1. The van der Waals surface area contributed by atoms with E-state index in [1.807, 2.05) is 25.1 Å². The first-order chi connectivity index (χ1) is 15.7. The van der Waals surface area contributed by atoms with Crippen LogP contribution in [0, 0.1) is 18.3 Å². The minimum absolute atomic E-state index is 0.178. The molecule has 0 spiro atoms. The first-order valence-electron chi connectivity index (χ1n) is 11.1. The highest BCUT2D eigenvalue weighted by atomic mass is 32.2. The van der Waals surface area contributed by atoms with E-state index in [1.165, 1.54) is 41.1 Å². The maximum Gasteiger partial charge on any atom is 0.185 e. The van der Waals surface area contributed by atoms with E-state index in [-0.39, 0.29) is 4.90 Å². The molecule has 0 radical (unpaired) electrons. The van der Waals surface area contributed by atoms with Crippen molar-refractivity contribution in [3.05, 3.63) is 88.2 Å². The zero-order valence-corrected chi connectivity index (χ0v) is 19.4. The summed E-state index contributed by atoms with van der Waals surface area (Å²) in [6, 6.07) is 18.6. The van der Waals surface area contributed by atoms with E-state index in [9.17, 15) is 18.2 Å². The molecule has 0 fully saturated rings. The molecule has 6 nitrogen and oxygen atoms in total. The summed E-state index contributed by atoms with van der Waals surface area (Å²) < 4.78 is 31.2. The Morgan fingerprint density at radius 3 is 2.30 bits per heavy atom. The third-order valence-corrected chi connectivity index (χ3v) is 7.51. The van der Waals surface area contributed by atoms with Gasteiger partial charge in [-0.25, -0.2) is 13.4 Å². The van der Waals surface area contributed by atoms with Crippen molar-refractivity contribution in [2.24, 2.45) is 0 Å². The molecule has 170 valence electrons. The Morgan fingerprint density at radius 1 is 1.00 bits per heavy atom. The van der Waals surface area contributed by atoms with Crippen molar-refractivity contribution in [3.63, 3.8) is 0 Å². The fourth-order valence-electron chi connectivity index (χ4n) is 4.79. The summed E-state index contributed by atoms with van der Waals surface area (Å²) in [5.41, 5.74) is 14.1. The third kappa shape index (κ3) is 4.63. The molecule has 1 atom stereocenters. The number of pyridine rings is 1. The van der Waals surface area contributed by atoms with E-state index in [4.69, 9.17) is 5.73 Å². The Kier molecular flexibility index (Phi) is 6.24. The molecule has 2 aliphatic rings. The number of rotatable bonds is 2. The zero-order valence-electron chi connectivity index (χ0n) is 18.6. The molecule has 33 heavy (non-hydrogen) atoms. The molecule has 0 saturated carbocycles. The molecule has 5 rings (SSSR count). The highest BCUT2D eigenvalue weighted by Gasteiger charge is 2.41. The first-order valence-corrected chi connectivity index (χ1v) is 12.5. The molecule has 0 saturated heterocycles. The van der Waals surface area contributed by atoms with Gasteiger partial charge < -0.3 is 10.3 Å². The first kappa shape index (κ1) is 23.0. The number of hydrogen-bond acceptors (Lipinski definition) is 5. The second-order valence-corrected chi connectivity index (χ2v) is 10.2. The predicted octanol–water partition coefficient (Wildman–Crippen LogP) is 3.42. The van der Waals surface area contributed by atoms with E-state index < -0.39 is 15.5 Å². The molecular formula is C26H27N3O3S. The van der Waals surface area contributed by atoms with Crippen LogP contribution in [0.5, 0.6) is 0 Å². The maximum absolute atomic E-state index is 10.4. The van der Waals surface area contributed by atoms with Crippen molar-refractivity contribution in [2.45, 2.75) is 55.8 Å². The SMILES string of the molecule is Cc1ccc(S(=O)(=O)[O-])cc1.N#CC1(c2ccccc2)CCc2[nH+]c3c(c(N)c2C1)CCC3. The minimum atomic E-state index is -4.27. The lowest BCUT2D eigenvalue weighted by Crippen LogP contribution is -2.36. The van der Waals surface area contributed by atoms with E-state index in [0.29, 0.717) is 0 Å². The number of nitrogen functional groups attached to an aromatic ring is 1. The molecule has 0 aliphatic heterocycles. The van der Waals surface area contributed by atoms with Crippen LogP contribution in [0.2, 0.25) is 0 Å². The molecule has 7 heteroatoms. The Labute approximate surface area is 194 Å². The van der Waals surface area contributed by atoms with Gasteiger partial charge in [0.2, 0.25) is 0 Å². The van der Waals surface area contributed by atoms with E-state index in [1.54, 1.807) is 12.1 Å². The third-order valence-electron chi connectivity index (χ3n) is 6.66. The van der Waals surface area contributed by atoms with Crippen molar-refractivity contribution in [1.82, 2.24) is 0 Å². The fourth-order valence-corrected chi connectivity index (χ4v) is 5.26. The molecule has 3 N–H and O–H groups in total. The highest BCUT2D eigenvalue weighted by molar-refractivity contribution is 7.85. The van der Waals surface area contributed by atoms with Gasteiger partial charge in [-0.2, -0.15) is 5.26 Å². The topological polar surface area (TPSA) is 121 Å². The van der Waals surface area contributed by atoms with Crippen molar-refractivity contribution in [1.29, 1.82) is 5.26 Å². The Balaban J connectivity index is 0.000000200. The number of aryl methyl sites for hydroxylation is 3. The molecule has 0 bridgehead atoms. The number of fused-ring (bicyclic) bond motifs is 2. The van der Waals surface area contributed by atoms with E-state index in [0.717, 1.165) is 48.9 Å². The number of aromatic nitrogens is 1. The van der Waals surface area contributed by atoms with Crippen LogP contribution < -0.4 is 10.7 Å². The summed E-state index contributed by atoms with van der Waals surface area (Å²) in [6.45, 7) is 1.82. The number of aromatic amines is 1. The van der Waals surface area contributed by atoms with Gasteiger partial charge in [0, 0.05) is 30.4 Å². The van der Waals surface area contributed by atoms with Crippen molar-refractivity contribution in [3.8, 4) is 6.07 Å². The van der Waals surface area contributed by atoms with Crippen LogP contribution in [0.1, 0.15) is 46.5 Å². The lowest BCUT2D eigenvalue weighted by atomic mass is 9.69. The molecular weight excluding hydrogens is 434 g/mol. The average molecular weight is 462 g/mol. The van der Waals surface area contributed by atoms with Gasteiger partial charge in [0.25, 0.3) is 0 Å². The Morgan fingerprint density at radius 2 is 1.67 bits per heavy atom. The van der Waals surface area contributed by atoms with Gasteiger partial charge in [0.15, 0.2) is 11.4 Å². The Bertz CT molecular complexity index is 1310. The van der Waals surface area contributed by atoms with Crippen molar-refractivity contribution >= 4 is 15.8 Å². The number of hydrogen-bond donors (Lipinski definition) is 1. The van der Waals surface area contributed by atoms with Gasteiger partial charge in [0.1, 0.15) is 10.1 Å². The standard InChI is InChI=1S/C19H19N3.C7H8O3S/c20-12-19(13-5-2-1-3-6-13)10-9-17-15(11-19)18(21)14-7-4-8-16(14)22-17;1-6-2-4-7(5-3-6)11(8,9)10/h1-3,5-6H,4,7-11H2,(H2,21,22);2-5H,1H3,(H,8,9,10). The van der Waals surface area contributed by atoms with Gasteiger partial charge in [-0.3, -0.25) is 0 Å². The molecule has 1 heterocycles. The van der Waals surface area contributed by atoms with Gasteiger partial charge in [0.05, 0.1) is 22.1 Å². The molecule has 1 unspecified atom stereocenters. The second-order valence-electron chi connectivity index (χ2n) is 8.81. The summed E-state index contributed by atoms with van der Waals surface area (Å²) in [6.07, 6.45) is 5.83. The summed E-state index contributed by atoms with van der Waals surface area (Å²) in [5, 5.41) is 9.90. The number of benzene rings is 2. The van der Waals surface area contributed by atoms with Gasteiger partial charge >= 0.3 is 0 Å². The maximum atomic E-state index is 10.4. The quantitative estimate of drug-likeness (QED) is 0.586. The van der Waals surface area contributed by atoms with Crippen molar-refractivity contribution < 1.29 is 18.0 Å². The predicted molar refractivity (Wildman–Crippen MR) is 124 cm³/mol. The largest absolute Gasteiger partial charge is 0.744 e. The number of nitriles is 1. The molecule has 3 aromatic rings. The lowest BCUT2D eigenvalue weighted by Gasteiger charge is -2.31. The summed E-state index contributed by atoms with van der Waals surface area (Å²) in [5.74, 6) is 0. The minimum Gasteiger partial charge on any atom is -0.744 e.